The molecule has 0 spiro atoms. The van der Waals surface area contributed by atoms with Gasteiger partial charge in [0.25, 0.3) is 5.91 Å². The predicted octanol–water partition coefficient (Wildman–Crippen LogP) is 7.32. The SMILES string of the molecule is Cc1ccc(CN(C)C)cc1NC(=O)c1ccc(Nc2nc(-c3ccccc3)c3cc(Cl)ccc3n2)cc1. The predicted molar refractivity (Wildman–Crippen MR) is 156 cm³/mol. The second kappa shape index (κ2) is 11.0. The number of fused-ring (bicyclic) bond motifs is 1. The highest BCUT2D eigenvalue weighted by Gasteiger charge is 2.12. The summed E-state index contributed by atoms with van der Waals surface area (Å²) in [5, 5.41) is 7.84. The molecule has 0 aliphatic heterocycles. The van der Waals surface area contributed by atoms with Crippen LogP contribution in [0.15, 0.2) is 91.0 Å². The smallest absolute Gasteiger partial charge is 0.255 e. The summed E-state index contributed by atoms with van der Waals surface area (Å²) in [4.78, 5) is 24.5. The number of aryl methyl sites for hydroxylation is 1. The summed E-state index contributed by atoms with van der Waals surface area (Å²) in [6.07, 6.45) is 0. The van der Waals surface area contributed by atoms with Crippen molar-refractivity contribution in [3.63, 3.8) is 0 Å². The highest BCUT2D eigenvalue weighted by molar-refractivity contribution is 6.31. The monoisotopic (exact) mass is 521 g/mol. The molecule has 6 nitrogen and oxygen atoms in total. The van der Waals surface area contributed by atoms with Crippen molar-refractivity contribution >= 4 is 45.7 Å². The van der Waals surface area contributed by atoms with Crippen molar-refractivity contribution in [2.24, 2.45) is 0 Å². The number of rotatable bonds is 7. The van der Waals surface area contributed by atoms with E-state index < -0.39 is 0 Å². The van der Waals surface area contributed by atoms with Crippen molar-refractivity contribution in [1.82, 2.24) is 14.9 Å². The number of nitrogens with one attached hydrogen (secondary N) is 2. The average molecular weight is 522 g/mol. The lowest BCUT2D eigenvalue weighted by Gasteiger charge is -2.14. The summed E-state index contributed by atoms with van der Waals surface area (Å²) in [7, 11) is 4.05. The van der Waals surface area contributed by atoms with Crippen LogP contribution in [-0.4, -0.2) is 34.9 Å². The van der Waals surface area contributed by atoms with Crippen molar-refractivity contribution in [2.75, 3.05) is 24.7 Å². The first-order valence-corrected chi connectivity index (χ1v) is 12.7. The Labute approximate surface area is 227 Å². The van der Waals surface area contributed by atoms with E-state index in [9.17, 15) is 4.79 Å². The van der Waals surface area contributed by atoms with Crippen LogP contribution in [-0.2, 0) is 6.54 Å². The minimum absolute atomic E-state index is 0.160. The summed E-state index contributed by atoms with van der Waals surface area (Å²) >= 11 is 6.27. The Hall–Kier alpha value is -4.26. The Kier molecular flexibility index (Phi) is 7.36. The highest BCUT2D eigenvalue weighted by Crippen LogP contribution is 2.30. The second-order valence-electron chi connectivity index (χ2n) is 9.47. The first-order chi connectivity index (χ1) is 18.4. The van der Waals surface area contributed by atoms with Gasteiger partial charge in [0.15, 0.2) is 0 Å². The van der Waals surface area contributed by atoms with Crippen LogP contribution in [0.3, 0.4) is 0 Å². The summed E-state index contributed by atoms with van der Waals surface area (Å²) in [6, 6.07) is 29.0. The molecule has 0 aliphatic rings. The van der Waals surface area contributed by atoms with E-state index in [4.69, 9.17) is 16.6 Å². The van der Waals surface area contributed by atoms with E-state index in [2.05, 4.69) is 26.6 Å². The topological polar surface area (TPSA) is 70.2 Å². The highest BCUT2D eigenvalue weighted by atomic mass is 35.5. The third-order valence-electron chi connectivity index (χ3n) is 6.16. The van der Waals surface area contributed by atoms with E-state index in [1.807, 2.05) is 93.8 Å². The molecule has 0 fully saturated rings. The maximum atomic E-state index is 13.0. The minimum atomic E-state index is -0.160. The first-order valence-electron chi connectivity index (χ1n) is 12.3. The maximum Gasteiger partial charge on any atom is 0.255 e. The van der Waals surface area contributed by atoms with Crippen LogP contribution in [0.25, 0.3) is 22.2 Å². The van der Waals surface area contributed by atoms with E-state index in [0.29, 0.717) is 16.5 Å². The van der Waals surface area contributed by atoms with Crippen LogP contribution >= 0.6 is 11.6 Å². The molecule has 38 heavy (non-hydrogen) atoms. The molecule has 0 bridgehead atoms. The molecule has 7 heteroatoms. The number of amides is 1. The fourth-order valence-corrected chi connectivity index (χ4v) is 4.44. The zero-order chi connectivity index (χ0) is 26.6. The number of nitrogens with zero attached hydrogens (tertiary/aromatic N) is 3. The Morgan fingerprint density at radius 3 is 2.39 bits per heavy atom. The van der Waals surface area contributed by atoms with E-state index in [0.717, 1.165) is 51.2 Å². The van der Waals surface area contributed by atoms with Crippen LogP contribution in [0.5, 0.6) is 0 Å². The molecular weight excluding hydrogens is 494 g/mol. The fraction of sp³-hybridized carbons (Fsp3) is 0.129. The van der Waals surface area contributed by atoms with Crippen molar-refractivity contribution in [3.05, 3.63) is 113 Å². The largest absolute Gasteiger partial charge is 0.324 e. The summed E-state index contributed by atoms with van der Waals surface area (Å²) < 4.78 is 0. The standard InChI is InChI=1S/C31H28ClN5O/c1-20-9-10-21(19-37(2)3)17-28(20)34-30(38)23-11-14-25(15-12-23)33-31-35-27-16-13-24(32)18-26(27)29(36-31)22-7-5-4-6-8-22/h4-18H,19H2,1-3H3,(H,34,38)(H,33,35,36). The maximum absolute atomic E-state index is 13.0. The third-order valence-corrected chi connectivity index (χ3v) is 6.39. The molecule has 4 aromatic carbocycles. The Morgan fingerprint density at radius 1 is 0.895 bits per heavy atom. The molecule has 0 unspecified atom stereocenters. The van der Waals surface area contributed by atoms with Crippen LogP contribution in [0.1, 0.15) is 21.5 Å². The third kappa shape index (κ3) is 5.83. The van der Waals surface area contributed by atoms with Gasteiger partial charge in [-0.25, -0.2) is 9.97 Å². The van der Waals surface area contributed by atoms with Crippen LogP contribution in [0.2, 0.25) is 5.02 Å². The first kappa shape index (κ1) is 25.4. The van der Waals surface area contributed by atoms with Gasteiger partial charge in [0, 0.05) is 39.5 Å². The van der Waals surface area contributed by atoms with Crippen molar-refractivity contribution in [2.45, 2.75) is 13.5 Å². The Bertz CT molecular complexity index is 1600. The van der Waals surface area contributed by atoms with Gasteiger partial charge in [-0.15, -0.1) is 0 Å². The summed E-state index contributed by atoms with van der Waals surface area (Å²) in [6.45, 7) is 2.79. The molecule has 190 valence electrons. The number of hydrogen-bond donors (Lipinski definition) is 2. The van der Waals surface area contributed by atoms with Crippen molar-refractivity contribution < 1.29 is 4.79 Å². The van der Waals surface area contributed by atoms with E-state index >= 15 is 0 Å². The number of carbonyl (C=O) groups is 1. The van der Waals surface area contributed by atoms with Gasteiger partial charge < -0.3 is 15.5 Å². The molecule has 0 radical (unpaired) electrons. The molecule has 0 atom stereocenters. The van der Waals surface area contributed by atoms with Gasteiger partial charge in [-0.2, -0.15) is 0 Å². The Balaban J connectivity index is 1.37. The van der Waals surface area contributed by atoms with Gasteiger partial charge in [0.1, 0.15) is 0 Å². The van der Waals surface area contributed by atoms with Crippen molar-refractivity contribution in [3.8, 4) is 11.3 Å². The molecule has 1 amide bonds. The lowest BCUT2D eigenvalue weighted by molar-refractivity contribution is 0.102. The number of aromatic nitrogens is 2. The molecule has 5 rings (SSSR count). The number of benzene rings is 4. The Morgan fingerprint density at radius 2 is 1.66 bits per heavy atom. The van der Waals surface area contributed by atoms with Gasteiger partial charge in [0.05, 0.1) is 11.2 Å². The van der Waals surface area contributed by atoms with Crippen LogP contribution in [0.4, 0.5) is 17.3 Å². The van der Waals surface area contributed by atoms with Crippen LogP contribution in [0, 0.1) is 6.92 Å². The van der Waals surface area contributed by atoms with Crippen LogP contribution < -0.4 is 10.6 Å². The normalized spacial score (nSPS) is 11.1. The molecule has 0 saturated heterocycles. The van der Waals surface area contributed by atoms with E-state index in [1.165, 1.54) is 0 Å². The lowest BCUT2D eigenvalue weighted by atomic mass is 10.1. The van der Waals surface area contributed by atoms with Gasteiger partial charge in [-0.05, 0) is 80.7 Å². The van der Waals surface area contributed by atoms with Gasteiger partial charge in [0.2, 0.25) is 5.95 Å². The molecular formula is C31H28ClN5O. The van der Waals surface area contributed by atoms with Gasteiger partial charge in [-0.1, -0.05) is 54.1 Å². The molecule has 1 heterocycles. The number of anilines is 3. The van der Waals surface area contributed by atoms with Gasteiger partial charge >= 0.3 is 0 Å². The molecule has 0 aliphatic carbocycles. The number of halogens is 1. The molecule has 1 aromatic heterocycles. The molecule has 2 N–H and O–H groups in total. The van der Waals surface area contributed by atoms with E-state index in [-0.39, 0.29) is 5.91 Å². The van der Waals surface area contributed by atoms with Crippen molar-refractivity contribution in [1.29, 1.82) is 0 Å². The van der Waals surface area contributed by atoms with Gasteiger partial charge in [-0.3, -0.25) is 4.79 Å². The molecule has 5 aromatic rings. The summed E-state index contributed by atoms with van der Waals surface area (Å²) in [5.74, 6) is 0.302. The zero-order valence-electron chi connectivity index (χ0n) is 21.5. The van der Waals surface area contributed by atoms with E-state index in [1.54, 1.807) is 12.1 Å². The lowest BCUT2D eigenvalue weighted by Crippen LogP contribution is -2.14. The quantitative estimate of drug-likeness (QED) is 0.235. The zero-order valence-corrected chi connectivity index (χ0v) is 22.3. The fourth-order valence-electron chi connectivity index (χ4n) is 4.27. The summed E-state index contributed by atoms with van der Waals surface area (Å²) in [5.41, 5.74) is 6.87. The number of carbonyl (C=O) groups excluding carboxylic acids is 1. The molecule has 0 saturated carbocycles. The number of hydrogen-bond acceptors (Lipinski definition) is 5. The average Bonchev–Trinajstić information content (AvgIpc) is 2.91. The second-order valence-corrected chi connectivity index (χ2v) is 9.90. The minimum Gasteiger partial charge on any atom is -0.324 e.